The summed E-state index contributed by atoms with van der Waals surface area (Å²) in [6.07, 6.45) is 2.54. The Morgan fingerprint density at radius 2 is 1.67 bits per heavy atom. The van der Waals surface area contributed by atoms with Crippen LogP contribution >= 0.6 is 11.8 Å². The van der Waals surface area contributed by atoms with Gasteiger partial charge in [-0.25, -0.2) is 8.42 Å². The largest absolute Gasteiger partial charge is 0.417 e. The van der Waals surface area contributed by atoms with Crippen LogP contribution in [0.25, 0.3) is 11.3 Å². The van der Waals surface area contributed by atoms with E-state index in [0.717, 1.165) is 88.7 Å². The Kier molecular flexibility index (Phi) is 10.9. The lowest BCUT2D eigenvalue weighted by Gasteiger charge is -2.36. The maximum Gasteiger partial charge on any atom is 0.417 e. The number of hydrogen-bond acceptors (Lipinski definition) is 7. The second kappa shape index (κ2) is 15.2. The van der Waals surface area contributed by atoms with Gasteiger partial charge in [0.15, 0.2) is 0 Å². The highest BCUT2D eigenvalue weighted by atomic mass is 32.2. The van der Waals surface area contributed by atoms with Gasteiger partial charge < -0.3 is 9.80 Å². The van der Waals surface area contributed by atoms with Gasteiger partial charge in [0.2, 0.25) is 15.9 Å². The predicted octanol–water partition coefficient (Wildman–Crippen LogP) is 5.51. The van der Waals surface area contributed by atoms with Gasteiger partial charge in [0.05, 0.1) is 17.5 Å². The molecule has 0 radical (unpaired) electrons. The van der Waals surface area contributed by atoms with Crippen molar-refractivity contribution in [2.75, 3.05) is 57.8 Å². The molecule has 2 aromatic carbocycles. The van der Waals surface area contributed by atoms with Crippen molar-refractivity contribution in [1.82, 2.24) is 28.8 Å². The van der Waals surface area contributed by atoms with Crippen LogP contribution in [0.2, 0.25) is 0 Å². The molecule has 0 N–H and O–H groups in total. The van der Waals surface area contributed by atoms with E-state index in [1.807, 2.05) is 16.8 Å². The standard InChI is InChI=1S/C37H47F3N6O3S2/c1-51(48,49)44-21-14-33-31(26-44)36(41-46(33)17-5-15-42-19-12-30(13-20-42)45-16-4-8-35(45)47)28-9-10-32(37(38,39)40)34(24-28)50-23-22-43-18-11-27-6-2-3-7-29(27)25-43/h2-3,6-7,9-10,24,30H,4-5,8,11-23,25-26H2,1H3. The van der Waals surface area contributed by atoms with Gasteiger partial charge in [-0.15, -0.1) is 11.8 Å². The Morgan fingerprint density at radius 3 is 2.39 bits per heavy atom. The maximum absolute atomic E-state index is 14.3. The smallest absolute Gasteiger partial charge is 0.340 e. The Morgan fingerprint density at radius 1 is 0.882 bits per heavy atom. The Hall–Kier alpha value is -2.91. The number of nitrogens with zero attached hydrogens (tertiary/aromatic N) is 6. The van der Waals surface area contributed by atoms with Gasteiger partial charge >= 0.3 is 6.18 Å². The van der Waals surface area contributed by atoms with Gasteiger partial charge in [-0.2, -0.15) is 22.6 Å². The lowest BCUT2D eigenvalue weighted by atomic mass is 10.0. The number of rotatable bonds is 11. The van der Waals surface area contributed by atoms with E-state index >= 15 is 0 Å². The van der Waals surface area contributed by atoms with E-state index in [1.54, 1.807) is 6.07 Å². The average Bonchev–Trinajstić information content (AvgIpc) is 3.70. The minimum atomic E-state index is -4.50. The molecule has 1 amide bonds. The number of sulfonamides is 1. The summed E-state index contributed by atoms with van der Waals surface area (Å²) in [6, 6.07) is 12.9. The lowest BCUT2D eigenvalue weighted by Crippen LogP contribution is -2.45. The van der Waals surface area contributed by atoms with Crippen LogP contribution in [0.3, 0.4) is 0 Å². The van der Waals surface area contributed by atoms with Crippen molar-refractivity contribution >= 4 is 27.7 Å². The molecule has 3 aromatic rings. The molecule has 276 valence electrons. The summed E-state index contributed by atoms with van der Waals surface area (Å²) in [5, 5.41) is 4.98. The highest BCUT2D eigenvalue weighted by molar-refractivity contribution is 7.99. The third kappa shape index (κ3) is 8.35. The van der Waals surface area contributed by atoms with Gasteiger partial charge in [-0.1, -0.05) is 30.3 Å². The average molecular weight is 745 g/mol. The molecular formula is C37H47F3N6O3S2. The van der Waals surface area contributed by atoms with Crippen LogP contribution in [-0.4, -0.2) is 107 Å². The number of piperidine rings is 1. The second-order valence-corrected chi connectivity index (χ2v) is 17.4. The molecule has 4 aliphatic heterocycles. The van der Waals surface area contributed by atoms with E-state index in [9.17, 15) is 26.4 Å². The molecule has 0 aliphatic carbocycles. The predicted molar refractivity (Wildman–Crippen MR) is 193 cm³/mol. The number of aromatic nitrogens is 2. The van der Waals surface area contributed by atoms with Gasteiger partial charge in [0.25, 0.3) is 0 Å². The highest BCUT2D eigenvalue weighted by Gasteiger charge is 2.35. The summed E-state index contributed by atoms with van der Waals surface area (Å²) >= 11 is 1.21. The normalized spacial score (nSPS) is 19.8. The lowest BCUT2D eigenvalue weighted by molar-refractivity contribution is -0.139. The number of fused-ring (bicyclic) bond motifs is 2. The molecule has 1 aromatic heterocycles. The molecule has 51 heavy (non-hydrogen) atoms. The molecule has 14 heteroatoms. The molecule has 2 fully saturated rings. The van der Waals surface area contributed by atoms with Gasteiger partial charge in [0.1, 0.15) is 0 Å². The van der Waals surface area contributed by atoms with Crippen LogP contribution in [0.1, 0.15) is 60.1 Å². The third-order valence-corrected chi connectivity index (χ3v) is 13.2. The summed E-state index contributed by atoms with van der Waals surface area (Å²) in [5.74, 6) is 0.791. The summed E-state index contributed by atoms with van der Waals surface area (Å²) < 4.78 is 71.3. The van der Waals surface area contributed by atoms with Crippen LogP contribution < -0.4 is 0 Å². The van der Waals surface area contributed by atoms with E-state index in [4.69, 9.17) is 5.10 Å². The van der Waals surface area contributed by atoms with Gasteiger partial charge in [0, 0.05) is 105 Å². The minimum absolute atomic E-state index is 0.145. The van der Waals surface area contributed by atoms with Crippen molar-refractivity contribution in [2.24, 2.45) is 0 Å². The molecule has 0 saturated carbocycles. The van der Waals surface area contributed by atoms with E-state index in [0.29, 0.717) is 55.5 Å². The fourth-order valence-electron chi connectivity index (χ4n) is 8.17. The fourth-order valence-corrected chi connectivity index (χ4v) is 10.1. The molecule has 9 nitrogen and oxygen atoms in total. The molecule has 5 heterocycles. The van der Waals surface area contributed by atoms with Crippen molar-refractivity contribution in [1.29, 1.82) is 0 Å². The number of aryl methyl sites for hydroxylation is 1. The van der Waals surface area contributed by atoms with E-state index < -0.39 is 21.8 Å². The molecule has 4 aliphatic rings. The molecular weight excluding hydrogens is 698 g/mol. The third-order valence-electron chi connectivity index (χ3n) is 11.0. The van der Waals surface area contributed by atoms with E-state index in [1.165, 1.54) is 39.5 Å². The van der Waals surface area contributed by atoms with Crippen LogP contribution in [0.15, 0.2) is 47.4 Å². The van der Waals surface area contributed by atoms with Crippen LogP contribution in [0, 0.1) is 0 Å². The number of carbonyl (C=O) groups is 1. The zero-order chi connectivity index (χ0) is 35.8. The molecule has 7 rings (SSSR count). The topological polar surface area (TPSA) is 82.0 Å². The number of carbonyl (C=O) groups excluding carboxylic acids is 1. The first-order valence-electron chi connectivity index (χ1n) is 18.1. The van der Waals surface area contributed by atoms with Gasteiger partial charge in [-0.05, 0) is 61.9 Å². The monoisotopic (exact) mass is 744 g/mol. The van der Waals surface area contributed by atoms with Crippen LogP contribution in [0.5, 0.6) is 0 Å². The SMILES string of the molecule is CS(=O)(=O)N1CCc2c(c(-c3ccc(C(F)(F)F)c(SCCN4CCc5ccccc5C4)c3)nn2CCCN2CCC(N3CCCC3=O)CC2)C1. The number of thioether (sulfide) groups is 1. The van der Waals surface area contributed by atoms with Crippen molar-refractivity contribution < 1.29 is 26.4 Å². The highest BCUT2D eigenvalue weighted by Crippen LogP contribution is 2.40. The van der Waals surface area contributed by atoms with Crippen molar-refractivity contribution in [3.63, 3.8) is 0 Å². The number of amides is 1. The molecule has 0 spiro atoms. The van der Waals surface area contributed by atoms with Crippen LogP contribution in [-0.2, 0) is 53.5 Å². The Balaban J connectivity index is 1.06. The second-order valence-electron chi connectivity index (χ2n) is 14.3. The summed E-state index contributed by atoms with van der Waals surface area (Å²) in [6.45, 7) is 7.09. The molecule has 0 atom stereocenters. The molecule has 2 saturated heterocycles. The Bertz CT molecular complexity index is 1840. The summed E-state index contributed by atoms with van der Waals surface area (Å²) in [4.78, 5) is 19.2. The molecule has 0 bridgehead atoms. The zero-order valence-electron chi connectivity index (χ0n) is 29.2. The van der Waals surface area contributed by atoms with Gasteiger partial charge in [-0.3, -0.25) is 14.4 Å². The van der Waals surface area contributed by atoms with Crippen molar-refractivity contribution in [3.8, 4) is 11.3 Å². The number of hydrogen-bond donors (Lipinski definition) is 0. The zero-order valence-corrected chi connectivity index (χ0v) is 30.8. The first kappa shape index (κ1) is 36.4. The Labute approximate surface area is 303 Å². The number of benzene rings is 2. The minimum Gasteiger partial charge on any atom is -0.340 e. The maximum atomic E-state index is 14.3. The van der Waals surface area contributed by atoms with Crippen molar-refractivity contribution in [2.45, 2.75) is 81.7 Å². The number of alkyl halides is 3. The van der Waals surface area contributed by atoms with Crippen LogP contribution in [0.4, 0.5) is 13.2 Å². The van der Waals surface area contributed by atoms with E-state index in [2.05, 4.69) is 26.8 Å². The first-order valence-corrected chi connectivity index (χ1v) is 21.0. The van der Waals surface area contributed by atoms with E-state index in [-0.39, 0.29) is 17.3 Å². The first-order chi connectivity index (χ1) is 24.4. The number of likely N-dealkylation sites (tertiary alicyclic amines) is 2. The number of halogens is 3. The summed E-state index contributed by atoms with van der Waals surface area (Å²) in [5.41, 5.74) is 4.79. The molecule has 0 unspecified atom stereocenters. The quantitative estimate of drug-likeness (QED) is 0.240. The van der Waals surface area contributed by atoms with Crippen molar-refractivity contribution in [3.05, 3.63) is 70.4 Å². The summed E-state index contributed by atoms with van der Waals surface area (Å²) in [7, 11) is -3.47. The fraction of sp³-hybridized carbons (Fsp3) is 0.568.